The first-order chi connectivity index (χ1) is 12.6. The third kappa shape index (κ3) is 4.97. The molecule has 5 nitrogen and oxygen atoms in total. The first kappa shape index (κ1) is 18.2. The molecule has 1 saturated heterocycles. The Labute approximate surface area is 154 Å². The molecule has 1 N–H and O–H groups in total. The molecule has 0 radical (unpaired) electrons. The molecule has 1 fully saturated rings. The largest absolute Gasteiger partial charge is 0.472 e. The normalized spacial score (nSPS) is 15.0. The molecular weight excluding hydrogens is 328 g/mol. The summed E-state index contributed by atoms with van der Waals surface area (Å²) in [5.74, 6) is 0.702. The molecule has 26 heavy (non-hydrogen) atoms. The smallest absolute Gasteiger partial charge is 0.257 e. The minimum Gasteiger partial charge on any atom is -0.472 e. The summed E-state index contributed by atoms with van der Waals surface area (Å²) in [5.41, 5.74) is 3.22. The van der Waals surface area contributed by atoms with Crippen LogP contribution in [-0.4, -0.2) is 36.3 Å². The maximum atomic E-state index is 12.3. The van der Waals surface area contributed by atoms with Gasteiger partial charge in [0.2, 0.25) is 5.91 Å². The highest BCUT2D eigenvalue weighted by Crippen LogP contribution is 2.23. The van der Waals surface area contributed by atoms with E-state index in [9.17, 15) is 9.59 Å². The Morgan fingerprint density at radius 1 is 1.12 bits per heavy atom. The van der Waals surface area contributed by atoms with Gasteiger partial charge in [-0.1, -0.05) is 24.3 Å². The summed E-state index contributed by atoms with van der Waals surface area (Å²) in [7, 11) is 0. The molecule has 2 aromatic rings. The summed E-state index contributed by atoms with van der Waals surface area (Å²) in [6, 6.07) is 10.4. The molecule has 0 spiro atoms. The van der Waals surface area contributed by atoms with Gasteiger partial charge in [-0.15, -0.1) is 0 Å². The van der Waals surface area contributed by atoms with Gasteiger partial charge in [0, 0.05) is 26.6 Å². The van der Waals surface area contributed by atoms with Gasteiger partial charge in [0.25, 0.3) is 5.91 Å². The van der Waals surface area contributed by atoms with E-state index in [4.69, 9.17) is 4.42 Å². The molecule has 1 aliphatic rings. The molecule has 0 bridgehead atoms. The Morgan fingerprint density at radius 3 is 2.42 bits per heavy atom. The van der Waals surface area contributed by atoms with Crippen LogP contribution in [0.25, 0.3) is 0 Å². The maximum Gasteiger partial charge on any atom is 0.257 e. The lowest BCUT2D eigenvalue weighted by Crippen LogP contribution is -2.38. The van der Waals surface area contributed by atoms with E-state index in [0.717, 1.165) is 38.8 Å². The number of benzene rings is 1. The predicted octanol–water partition coefficient (Wildman–Crippen LogP) is 3.05. The lowest BCUT2D eigenvalue weighted by Gasteiger charge is -2.31. The van der Waals surface area contributed by atoms with Gasteiger partial charge in [0.15, 0.2) is 0 Å². The second kappa shape index (κ2) is 8.70. The van der Waals surface area contributed by atoms with Crippen molar-refractivity contribution in [3.63, 3.8) is 0 Å². The molecule has 138 valence electrons. The number of amides is 2. The zero-order chi connectivity index (χ0) is 18.4. The Bertz CT molecular complexity index is 714. The SMILES string of the molecule is CC(=O)NCCc1ccc(CC2CCN(C(=O)c3ccoc3)CC2)cc1. The molecule has 0 unspecified atom stereocenters. The van der Waals surface area contributed by atoms with Crippen LogP contribution in [0.3, 0.4) is 0 Å². The minimum absolute atomic E-state index is 0.0132. The van der Waals surface area contributed by atoms with Gasteiger partial charge in [-0.2, -0.15) is 0 Å². The molecule has 3 rings (SSSR count). The van der Waals surface area contributed by atoms with Crippen LogP contribution >= 0.6 is 0 Å². The lowest BCUT2D eigenvalue weighted by atomic mass is 9.89. The van der Waals surface area contributed by atoms with Crippen molar-refractivity contribution in [3.8, 4) is 0 Å². The molecule has 0 atom stereocenters. The first-order valence-electron chi connectivity index (χ1n) is 9.25. The van der Waals surface area contributed by atoms with Crippen LogP contribution in [0.5, 0.6) is 0 Å². The summed E-state index contributed by atoms with van der Waals surface area (Å²) in [4.78, 5) is 25.2. The number of hydrogen-bond donors (Lipinski definition) is 1. The van der Waals surface area contributed by atoms with Gasteiger partial charge in [-0.25, -0.2) is 0 Å². The number of hydrogen-bond acceptors (Lipinski definition) is 3. The van der Waals surface area contributed by atoms with Crippen molar-refractivity contribution in [1.82, 2.24) is 10.2 Å². The van der Waals surface area contributed by atoms with Crippen molar-refractivity contribution in [1.29, 1.82) is 0 Å². The number of furan rings is 1. The number of carbonyl (C=O) groups excluding carboxylic acids is 2. The van der Waals surface area contributed by atoms with Crippen molar-refractivity contribution in [2.75, 3.05) is 19.6 Å². The summed E-state index contributed by atoms with van der Waals surface area (Å²) < 4.78 is 5.00. The molecule has 5 heteroatoms. The van der Waals surface area contributed by atoms with Crippen LogP contribution < -0.4 is 5.32 Å². The van der Waals surface area contributed by atoms with E-state index in [0.29, 0.717) is 18.0 Å². The standard InChI is InChI=1S/C21H26N2O3/c1-16(24)22-10-6-17-2-4-18(5-3-17)14-19-7-11-23(12-8-19)21(25)20-9-13-26-15-20/h2-5,9,13,15,19H,6-8,10-12,14H2,1H3,(H,22,24). The number of nitrogens with zero attached hydrogens (tertiary/aromatic N) is 1. The van der Waals surface area contributed by atoms with Crippen LogP contribution in [0.4, 0.5) is 0 Å². The van der Waals surface area contributed by atoms with Crippen LogP contribution in [0, 0.1) is 5.92 Å². The molecule has 1 aromatic heterocycles. The van der Waals surface area contributed by atoms with E-state index in [-0.39, 0.29) is 11.8 Å². The third-order valence-electron chi connectivity index (χ3n) is 5.00. The van der Waals surface area contributed by atoms with E-state index in [1.807, 2.05) is 4.90 Å². The zero-order valence-electron chi connectivity index (χ0n) is 15.2. The maximum absolute atomic E-state index is 12.3. The number of piperidine rings is 1. The molecule has 2 heterocycles. The van der Waals surface area contributed by atoms with E-state index in [1.165, 1.54) is 24.3 Å². The molecule has 0 saturated carbocycles. The highest BCUT2D eigenvalue weighted by Gasteiger charge is 2.24. The molecule has 1 aliphatic heterocycles. The van der Waals surface area contributed by atoms with Crippen LogP contribution in [0.1, 0.15) is 41.3 Å². The van der Waals surface area contributed by atoms with Gasteiger partial charge in [-0.05, 0) is 48.8 Å². The van der Waals surface area contributed by atoms with Crippen molar-refractivity contribution in [3.05, 3.63) is 59.5 Å². The molecular formula is C21H26N2O3. The molecule has 1 aromatic carbocycles. The van der Waals surface area contributed by atoms with Gasteiger partial charge in [0.05, 0.1) is 11.8 Å². The molecule has 2 amide bonds. The summed E-state index contributed by atoms with van der Waals surface area (Å²) >= 11 is 0. The van der Waals surface area contributed by atoms with E-state index < -0.39 is 0 Å². The number of likely N-dealkylation sites (tertiary alicyclic amines) is 1. The molecule has 0 aliphatic carbocycles. The van der Waals surface area contributed by atoms with E-state index >= 15 is 0 Å². The second-order valence-corrected chi connectivity index (χ2v) is 7.00. The second-order valence-electron chi connectivity index (χ2n) is 7.00. The Hall–Kier alpha value is -2.56. The fraction of sp³-hybridized carbons (Fsp3) is 0.429. The highest BCUT2D eigenvalue weighted by molar-refractivity contribution is 5.93. The summed E-state index contributed by atoms with van der Waals surface area (Å²) in [6.07, 6.45) is 7.04. The van der Waals surface area contributed by atoms with Crippen LogP contribution in [0.15, 0.2) is 47.3 Å². The Balaban J connectivity index is 1.44. The number of rotatable bonds is 6. The topological polar surface area (TPSA) is 62.6 Å². The zero-order valence-corrected chi connectivity index (χ0v) is 15.2. The predicted molar refractivity (Wildman–Crippen MR) is 99.9 cm³/mol. The van der Waals surface area contributed by atoms with Gasteiger partial charge >= 0.3 is 0 Å². The van der Waals surface area contributed by atoms with Gasteiger partial charge in [0.1, 0.15) is 6.26 Å². The van der Waals surface area contributed by atoms with Crippen LogP contribution in [0.2, 0.25) is 0 Å². The van der Waals surface area contributed by atoms with Crippen LogP contribution in [-0.2, 0) is 17.6 Å². The first-order valence-corrected chi connectivity index (χ1v) is 9.25. The van der Waals surface area contributed by atoms with Crippen molar-refractivity contribution in [2.45, 2.75) is 32.6 Å². The van der Waals surface area contributed by atoms with Crippen molar-refractivity contribution in [2.24, 2.45) is 5.92 Å². The summed E-state index contributed by atoms with van der Waals surface area (Å²) in [6.45, 7) is 3.84. The number of carbonyl (C=O) groups is 2. The fourth-order valence-electron chi connectivity index (χ4n) is 3.47. The number of nitrogens with one attached hydrogen (secondary N) is 1. The minimum atomic E-state index is 0.0132. The average molecular weight is 354 g/mol. The van der Waals surface area contributed by atoms with Gasteiger partial charge in [-0.3, -0.25) is 9.59 Å². The van der Waals surface area contributed by atoms with Crippen molar-refractivity contribution >= 4 is 11.8 Å². The van der Waals surface area contributed by atoms with E-state index in [2.05, 4.69) is 29.6 Å². The summed E-state index contributed by atoms with van der Waals surface area (Å²) in [5, 5.41) is 2.82. The van der Waals surface area contributed by atoms with E-state index in [1.54, 1.807) is 12.3 Å². The monoisotopic (exact) mass is 354 g/mol. The Morgan fingerprint density at radius 2 is 1.81 bits per heavy atom. The lowest BCUT2D eigenvalue weighted by molar-refractivity contribution is -0.118. The van der Waals surface area contributed by atoms with Crippen molar-refractivity contribution < 1.29 is 14.0 Å². The Kier molecular flexibility index (Phi) is 6.10. The average Bonchev–Trinajstić information content (AvgIpc) is 3.18. The van der Waals surface area contributed by atoms with Gasteiger partial charge < -0.3 is 14.6 Å². The quantitative estimate of drug-likeness (QED) is 0.867. The fourth-order valence-corrected chi connectivity index (χ4v) is 3.47. The highest BCUT2D eigenvalue weighted by atomic mass is 16.3. The third-order valence-corrected chi connectivity index (χ3v) is 5.00.